The van der Waals surface area contributed by atoms with Crippen LogP contribution in [-0.4, -0.2) is 26.9 Å². The second-order valence-electron chi connectivity index (χ2n) is 7.83. The van der Waals surface area contributed by atoms with Crippen molar-refractivity contribution in [2.75, 3.05) is 12.0 Å². The molecule has 8 nitrogen and oxygen atoms in total. The molecule has 0 radical (unpaired) electrons. The number of benzene rings is 3. The standard InChI is InChI=1S/C26H23N5O3/c1-30-23(27-22-11-7-6-10-21(22)26(30)32)16-31(19-8-4-3-5-9-19)17-24-28-29-25(34-24)18-12-14-20(33-2)15-13-18/h3-15H,16-17H2,1-2H3. The Morgan fingerprint density at radius 2 is 1.65 bits per heavy atom. The van der Waals surface area contributed by atoms with Gasteiger partial charge in [-0.1, -0.05) is 30.3 Å². The highest BCUT2D eigenvalue weighted by Gasteiger charge is 2.17. The van der Waals surface area contributed by atoms with E-state index in [0.29, 0.717) is 41.6 Å². The van der Waals surface area contributed by atoms with Gasteiger partial charge in [-0.15, -0.1) is 10.2 Å². The zero-order chi connectivity index (χ0) is 23.5. The topological polar surface area (TPSA) is 86.3 Å². The molecule has 5 rings (SSSR count). The van der Waals surface area contributed by atoms with Crippen LogP contribution in [-0.2, 0) is 20.1 Å². The molecule has 170 valence electrons. The Bertz CT molecular complexity index is 1480. The molecule has 0 spiro atoms. The van der Waals surface area contributed by atoms with Gasteiger partial charge in [0.15, 0.2) is 0 Å². The third kappa shape index (κ3) is 4.25. The van der Waals surface area contributed by atoms with Crippen molar-refractivity contribution >= 4 is 16.6 Å². The maximum Gasteiger partial charge on any atom is 0.261 e. The van der Waals surface area contributed by atoms with Crippen molar-refractivity contribution in [2.45, 2.75) is 13.1 Å². The van der Waals surface area contributed by atoms with E-state index < -0.39 is 0 Å². The Hall–Kier alpha value is -4.46. The summed E-state index contributed by atoms with van der Waals surface area (Å²) in [5, 5.41) is 9.06. The number of aromatic nitrogens is 4. The lowest BCUT2D eigenvalue weighted by molar-refractivity contribution is 0.415. The molecule has 0 aliphatic carbocycles. The minimum atomic E-state index is -0.0757. The fourth-order valence-corrected chi connectivity index (χ4v) is 3.78. The summed E-state index contributed by atoms with van der Waals surface area (Å²) >= 11 is 0. The number of para-hydroxylation sites is 2. The molecule has 0 atom stereocenters. The maximum absolute atomic E-state index is 12.9. The van der Waals surface area contributed by atoms with Crippen LogP contribution in [0.3, 0.4) is 0 Å². The average Bonchev–Trinajstić information content (AvgIpc) is 3.36. The highest BCUT2D eigenvalue weighted by atomic mass is 16.5. The van der Waals surface area contributed by atoms with Crippen molar-refractivity contribution in [2.24, 2.45) is 7.05 Å². The molecule has 34 heavy (non-hydrogen) atoms. The summed E-state index contributed by atoms with van der Waals surface area (Å²) in [4.78, 5) is 19.7. The first-order chi connectivity index (χ1) is 16.6. The molecule has 0 N–H and O–H groups in total. The van der Waals surface area contributed by atoms with E-state index in [-0.39, 0.29) is 5.56 Å². The van der Waals surface area contributed by atoms with Gasteiger partial charge in [0.1, 0.15) is 11.6 Å². The van der Waals surface area contributed by atoms with Crippen molar-refractivity contribution < 1.29 is 9.15 Å². The number of fused-ring (bicyclic) bond motifs is 1. The van der Waals surface area contributed by atoms with Gasteiger partial charge >= 0.3 is 0 Å². The average molecular weight is 454 g/mol. The zero-order valence-electron chi connectivity index (χ0n) is 18.9. The smallest absolute Gasteiger partial charge is 0.261 e. The fraction of sp³-hybridized carbons (Fsp3) is 0.154. The molecule has 5 aromatic rings. The van der Waals surface area contributed by atoms with Crippen LogP contribution in [0.4, 0.5) is 5.69 Å². The monoisotopic (exact) mass is 453 g/mol. The molecule has 0 aliphatic heterocycles. The first kappa shape index (κ1) is 21.4. The van der Waals surface area contributed by atoms with Crippen molar-refractivity contribution in [1.29, 1.82) is 0 Å². The molecule has 3 aromatic carbocycles. The maximum atomic E-state index is 12.9. The largest absolute Gasteiger partial charge is 0.497 e. The summed E-state index contributed by atoms with van der Waals surface area (Å²) in [5.41, 5.74) is 2.36. The Morgan fingerprint density at radius 3 is 2.41 bits per heavy atom. The third-order valence-electron chi connectivity index (χ3n) is 5.66. The summed E-state index contributed by atoms with van der Waals surface area (Å²) in [6.07, 6.45) is 0. The van der Waals surface area contributed by atoms with E-state index in [2.05, 4.69) is 15.1 Å². The van der Waals surface area contributed by atoms with E-state index in [9.17, 15) is 4.79 Å². The van der Waals surface area contributed by atoms with Crippen LogP contribution in [0.2, 0.25) is 0 Å². The number of rotatable bonds is 7. The number of methoxy groups -OCH3 is 1. The van der Waals surface area contributed by atoms with Gasteiger partial charge in [-0.05, 0) is 48.5 Å². The number of ether oxygens (including phenoxy) is 1. The molecular weight excluding hydrogens is 430 g/mol. The van der Waals surface area contributed by atoms with Gasteiger partial charge in [0.25, 0.3) is 5.56 Å². The minimum Gasteiger partial charge on any atom is -0.497 e. The van der Waals surface area contributed by atoms with Crippen molar-refractivity contribution in [3.8, 4) is 17.2 Å². The van der Waals surface area contributed by atoms with E-state index in [1.54, 1.807) is 24.8 Å². The van der Waals surface area contributed by atoms with Crippen LogP contribution in [0, 0.1) is 0 Å². The van der Waals surface area contributed by atoms with Crippen LogP contribution in [0.25, 0.3) is 22.4 Å². The Balaban J connectivity index is 1.46. The Morgan fingerprint density at radius 1 is 0.912 bits per heavy atom. The second-order valence-corrected chi connectivity index (χ2v) is 7.83. The first-order valence-electron chi connectivity index (χ1n) is 10.8. The predicted molar refractivity (Wildman–Crippen MR) is 130 cm³/mol. The molecular formula is C26H23N5O3. The Labute approximate surface area is 196 Å². The number of hydrogen-bond donors (Lipinski definition) is 0. The summed E-state index contributed by atoms with van der Waals surface area (Å²) < 4.78 is 12.8. The zero-order valence-corrected chi connectivity index (χ0v) is 18.9. The van der Waals surface area contributed by atoms with Gasteiger partial charge in [0.2, 0.25) is 11.8 Å². The molecule has 8 heteroatoms. The number of anilines is 1. The van der Waals surface area contributed by atoms with Crippen molar-refractivity contribution in [1.82, 2.24) is 19.7 Å². The molecule has 2 aromatic heterocycles. The van der Waals surface area contributed by atoms with Crippen LogP contribution >= 0.6 is 0 Å². The summed E-state index contributed by atoms with van der Waals surface area (Å²) in [7, 11) is 3.37. The van der Waals surface area contributed by atoms with E-state index in [1.807, 2.05) is 72.8 Å². The number of nitrogens with zero attached hydrogens (tertiary/aromatic N) is 5. The lowest BCUT2D eigenvalue weighted by Gasteiger charge is -2.24. The molecule has 0 aliphatic rings. The van der Waals surface area contributed by atoms with E-state index in [4.69, 9.17) is 14.1 Å². The van der Waals surface area contributed by atoms with E-state index in [1.165, 1.54) is 0 Å². The van der Waals surface area contributed by atoms with Crippen LogP contribution in [0.5, 0.6) is 5.75 Å². The first-order valence-corrected chi connectivity index (χ1v) is 10.8. The van der Waals surface area contributed by atoms with Gasteiger partial charge in [0, 0.05) is 18.3 Å². The fourth-order valence-electron chi connectivity index (χ4n) is 3.78. The quantitative estimate of drug-likeness (QED) is 0.365. The lowest BCUT2D eigenvalue weighted by atomic mass is 10.2. The molecule has 0 fully saturated rings. The van der Waals surface area contributed by atoms with E-state index >= 15 is 0 Å². The molecule has 0 bridgehead atoms. The summed E-state index contributed by atoms with van der Waals surface area (Å²) in [6, 6.07) is 24.7. The minimum absolute atomic E-state index is 0.0757. The predicted octanol–water partition coefficient (Wildman–Crippen LogP) is 4.20. The summed E-state index contributed by atoms with van der Waals surface area (Å²) in [5.74, 6) is 2.29. The van der Waals surface area contributed by atoms with Gasteiger partial charge in [-0.2, -0.15) is 0 Å². The van der Waals surface area contributed by atoms with Crippen molar-refractivity contribution in [3.63, 3.8) is 0 Å². The van der Waals surface area contributed by atoms with Crippen LogP contribution < -0.4 is 15.2 Å². The third-order valence-corrected chi connectivity index (χ3v) is 5.66. The lowest BCUT2D eigenvalue weighted by Crippen LogP contribution is -2.29. The van der Waals surface area contributed by atoms with Crippen molar-refractivity contribution in [3.05, 3.63) is 101 Å². The molecule has 0 saturated carbocycles. The summed E-state index contributed by atoms with van der Waals surface area (Å²) in [6.45, 7) is 0.747. The Kier molecular flexibility index (Phi) is 5.78. The highest BCUT2D eigenvalue weighted by Crippen LogP contribution is 2.24. The van der Waals surface area contributed by atoms with Gasteiger partial charge in [-0.25, -0.2) is 4.98 Å². The molecule has 2 heterocycles. The van der Waals surface area contributed by atoms with Gasteiger partial charge in [0.05, 0.1) is 31.1 Å². The molecule has 0 unspecified atom stereocenters. The molecule has 0 saturated heterocycles. The van der Waals surface area contributed by atoms with Gasteiger partial charge in [-0.3, -0.25) is 9.36 Å². The van der Waals surface area contributed by atoms with Crippen LogP contribution in [0.15, 0.2) is 88.1 Å². The normalized spacial score (nSPS) is 11.0. The van der Waals surface area contributed by atoms with Crippen LogP contribution in [0.1, 0.15) is 11.7 Å². The highest BCUT2D eigenvalue weighted by molar-refractivity contribution is 5.77. The SMILES string of the molecule is COc1ccc(-c2nnc(CN(Cc3nc4ccccc4c(=O)n3C)c3ccccc3)o2)cc1. The number of hydrogen-bond acceptors (Lipinski definition) is 7. The second kappa shape index (κ2) is 9.19. The van der Waals surface area contributed by atoms with Gasteiger partial charge < -0.3 is 14.1 Å². The van der Waals surface area contributed by atoms with E-state index in [0.717, 1.165) is 17.0 Å². The molecule has 0 amide bonds.